The highest BCUT2D eigenvalue weighted by Gasteiger charge is 2.24. The van der Waals surface area contributed by atoms with E-state index in [4.69, 9.17) is 14.6 Å². The highest BCUT2D eigenvalue weighted by Crippen LogP contribution is 2.14. The van der Waals surface area contributed by atoms with Gasteiger partial charge in [-0.3, -0.25) is 4.79 Å². The van der Waals surface area contributed by atoms with E-state index in [1.165, 1.54) is 141 Å². The smallest absolute Gasteiger partial charge is 0.309 e. The molecule has 0 aliphatic heterocycles. The largest absolute Gasteiger partial charge is 0.481 e. The SMILES string of the molecule is CCCCCCCCCCCCCCOCC(C[N+](C)(C)CCC(=O)O)OCCCCCCCCCCCCCC. The van der Waals surface area contributed by atoms with E-state index in [2.05, 4.69) is 27.9 Å². The van der Waals surface area contributed by atoms with E-state index < -0.39 is 5.97 Å². The number of likely N-dealkylation sites (N-methyl/N-ethyl adjacent to an activating group) is 1. The quantitative estimate of drug-likeness (QED) is 0.0604. The van der Waals surface area contributed by atoms with Crippen LogP contribution in [0.4, 0.5) is 0 Å². The van der Waals surface area contributed by atoms with E-state index in [0.29, 0.717) is 17.6 Å². The van der Waals surface area contributed by atoms with Crippen LogP contribution in [0.3, 0.4) is 0 Å². The minimum Gasteiger partial charge on any atom is -0.481 e. The zero-order chi connectivity index (χ0) is 30.3. The van der Waals surface area contributed by atoms with Crippen LogP contribution in [0.25, 0.3) is 0 Å². The second kappa shape index (κ2) is 30.8. The number of carboxylic acids is 1. The van der Waals surface area contributed by atoms with Gasteiger partial charge in [-0.25, -0.2) is 0 Å². The van der Waals surface area contributed by atoms with Crippen molar-refractivity contribution in [1.82, 2.24) is 0 Å². The molecule has 0 saturated heterocycles. The Hall–Kier alpha value is -0.650. The highest BCUT2D eigenvalue weighted by molar-refractivity contribution is 5.66. The van der Waals surface area contributed by atoms with Gasteiger partial charge in [0, 0.05) is 13.2 Å². The topological polar surface area (TPSA) is 55.8 Å². The lowest BCUT2D eigenvalue weighted by atomic mass is 10.1. The normalized spacial score (nSPS) is 12.7. The maximum absolute atomic E-state index is 11.1. The molecule has 0 aromatic heterocycles. The summed E-state index contributed by atoms with van der Waals surface area (Å²) < 4.78 is 13.0. The summed E-state index contributed by atoms with van der Waals surface area (Å²) in [7, 11) is 4.21. The van der Waals surface area contributed by atoms with Crippen LogP contribution in [-0.2, 0) is 14.3 Å². The first-order chi connectivity index (χ1) is 19.9. The number of rotatable bonds is 34. The van der Waals surface area contributed by atoms with Crippen LogP contribution >= 0.6 is 0 Å². The molecule has 0 aliphatic carbocycles. The molecule has 246 valence electrons. The molecule has 0 amide bonds. The van der Waals surface area contributed by atoms with Gasteiger partial charge in [-0.2, -0.15) is 0 Å². The number of ether oxygens (including phenoxy) is 2. The number of aliphatic carboxylic acids is 1. The summed E-state index contributed by atoms with van der Waals surface area (Å²) in [6.45, 7) is 8.18. The molecule has 5 heteroatoms. The lowest BCUT2D eigenvalue weighted by Crippen LogP contribution is -2.48. The Morgan fingerprint density at radius 1 is 0.585 bits per heavy atom. The molecule has 0 fully saturated rings. The minimum absolute atomic E-state index is 0.0313. The van der Waals surface area contributed by atoms with Crippen LogP contribution in [-0.4, -0.2) is 68.7 Å². The predicted molar refractivity (Wildman–Crippen MR) is 177 cm³/mol. The van der Waals surface area contributed by atoms with Crippen molar-refractivity contribution in [1.29, 1.82) is 0 Å². The third kappa shape index (κ3) is 32.1. The zero-order valence-corrected chi connectivity index (χ0v) is 28.4. The fourth-order valence-electron chi connectivity index (χ4n) is 5.65. The van der Waals surface area contributed by atoms with Gasteiger partial charge in [0.1, 0.15) is 12.6 Å². The van der Waals surface area contributed by atoms with Gasteiger partial charge < -0.3 is 19.1 Å². The molecule has 0 aliphatic rings. The van der Waals surface area contributed by atoms with Gasteiger partial charge in [-0.1, -0.05) is 155 Å². The Morgan fingerprint density at radius 3 is 1.34 bits per heavy atom. The lowest BCUT2D eigenvalue weighted by Gasteiger charge is -2.33. The van der Waals surface area contributed by atoms with Crippen molar-refractivity contribution in [2.24, 2.45) is 0 Å². The van der Waals surface area contributed by atoms with Gasteiger partial charge in [-0.15, -0.1) is 0 Å². The third-order valence-corrected chi connectivity index (χ3v) is 8.43. The van der Waals surface area contributed by atoms with Crippen LogP contribution in [0.5, 0.6) is 0 Å². The second-order valence-electron chi connectivity index (χ2n) is 13.3. The average Bonchev–Trinajstić information content (AvgIpc) is 2.94. The molecule has 0 aromatic carbocycles. The average molecular weight is 585 g/mol. The fourth-order valence-corrected chi connectivity index (χ4v) is 5.65. The monoisotopic (exact) mass is 585 g/mol. The molecule has 5 nitrogen and oxygen atoms in total. The first-order valence-electron chi connectivity index (χ1n) is 18.1. The van der Waals surface area contributed by atoms with E-state index in [1.54, 1.807) is 0 Å². The van der Waals surface area contributed by atoms with Crippen molar-refractivity contribution < 1.29 is 23.9 Å². The van der Waals surface area contributed by atoms with Crippen LogP contribution < -0.4 is 0 Å². The molecule has 0 aromatic rings. The summed E-state index contributed by atoms with van der Waals surface area (Å²) in [4.78, 5) is 11.1. The molecule has 0 spiro atoms. The lowest BCUT2D eigenvalue weighted by molar-refractivity contribution is -0.893. The first kappa shape index (κ1) is 40.4. The number of unbranched alkanes of at least 4 members (excludes halogenated alkanes) is 22. The minimum atomic E-state index is -0.728. The van der Waals surface area contributed by atoms with Crippen LogP contribution in [0.1, 0.15) is 174 Å². The van der Waals surface area contributed by atoms with E-state index >= 15 is 0 Å². The van der Waals surface area contributed by atoms with Crippen molar-refractivity contribution in [3.63, 3.8) is 0 Å². The van der Waals surface area contributed by atoms with Crippen LogP contribution in [0, 0.1) is 0 Å². The molecule has 0 rings (SSSR count). The number of hydrogen-bond acceptors (Lipinski definition) is 3. The van der Waals surface area contributed by atoms with E-state index in [0.717, 1.165) is 32.6 Å². The summed E-state index contributed by atoms with van der Waals surface area (Å²) in [6, 6.07) is 0. The molecule has 1 atom stereocenters. The van der Waals surface area contributed by atoms with Crippen LogP contribution in [0.2, 0.25) is 0 Å². The van der Waals surface area contributed by atoms with Gasteiger partial charge in [0.25, 0.3) is 0 Å². The fraction of sp³-hybridized carbons (Fsp3) is 0.972. The van der Waals surface area contributed by atoms with Gasteiger partial charge in [0.05, 0.1) is 33.7 Å². The Balaban J connectivity index is 3.99. The molecule has 0 heterocycles. The Morgan fingerprint density at radius 2 is 0.951 bits per heavy atom. The number of hydrogen-bond donors (Lipinski definition) is 1. The van der Waals surface area contributed by atoms with Gasteiger partial charge >= 0.3 is 5.97 Å². The summed E-state index contributed by atoms with van der Waals surface area (Å²) in [5, 5.41) is 9.12. The van der Waals surface area contributed by atoms with Gasteiger partial charge in [0.15, 0.2) is 0 Å². The Kier molecular flexibility index (Phi) is 30.3. The number of carboxylic acid groups (broad SMARTS) is 1. The van der Waals surface area contributed by atoms with E-state index in [1.807, 2.05) is 0 Å². The molecular formula is C36H74NO4+. The predicted octanol–water partition coefficient (Wildman–Crippen LogP) is 10.3. The first-order valence-corrected chi connectivity index (χ1v) is 18.1. The highest BCUT2D eigenvalue weighted by atomic mass is 16.5. The molecular weight excluding hydrogens is 510 g/mol. The molecule has 41 heavy (non-hydrogen) atoms. The summed E-state index contributed by atoms with van der Waals surface area (Å²) in [5.74, 6) is -0.728. The molecule has 1 unspecified atom stereocenters. The summed E-state index contributed by atoms with van der Waals surface area (Å²) in [6.07, 6.45) is 32.6. The van der Waals surface area contributed by atoms with Crippen molar-refractivity contribution in [2.75, 3.05) is 47.0 Å². The zero-order valence-electron chi connectivity index (χ0n) is 28.4. The van der Waals surface area contributed by atoms with E-state index in [-0.39, 0.29) is 12.5 Å². The third-order valence-electron chi connectivity index (χ3n) is 8.43. The maximum Gasteiger partial charge on any atom is 0.309 e. The summed E-state index contributed by atoms with van der Waals surface area (Å²) >= 11 is 0. The van der Waals surface area contributed by atoms with Gasteiger partial charge in [-0.05, 0) is 12.8 Å². The molecule has 0 saturated carbocycles. The second-order valence-corrected chi connectivity index (χ2v) is 13.3. The van der Waals surface area contributed by atoms with Crippen molar-refractivity contribution in [3.05, 3.63) is 0 Å². The van der Waals surface area contributed by atoms with Gasteiger partial charge in [0.2, 0.25) is 0 Å². The standard InChI is InChI=1S/C36H73NO4/c1-5-7-9-11-13-15-17-19-21-23-25-27-31-40-34-35(33-37(3,4)30-29-36(38)39)41-32-28-26-24-22-20-18-16-14-12-10-8-6-2/h35H,5-34H2,1-4H3/p+1. The molecule has 0 radical (unpaired) electrons. The Labute approximate surface area is 257 Å². The molecule has 1 N–H and O–H groups in total. The van der Waals surface area contributed by atoms with Crippen molar-refractivity contribution in [3.8, 4) is 0 Å². The molecule has 0 bridgehead atoms. The number of carbonyl (C=O) groups is 1. The number of quaternary nitrogens is 1. The summed E-state index contributed by atoms with van der Waals surface area (Å²) in [5.41, 5.74) is 0. The maximum atomic E-state index is 11.1. The number of nitrogens with zero attached hydrogens (tertiary/aromatic N) is 1. The Bertz CT molecular complexity index is 540. The van der Waals surface area contributed by atoms with Crippen LogP contribution in [0.15, 0.2) is 0 Å². The van der Waals surface area contributed by atoms with Crippen molar-refractivity contribution in [2.45, 2.75) is 180 Å². The van der Waals surface area contributed by atoms with E-state index in [9.17, 15) is 4.79 Å². The van der Waals surface area contributed by atoms with Crippen molar-refractivity contribution >= 4 is 5.97 Å².